The molecule has 1 amide bonds. The number of nitrogens with zero attached hydrogens (tertiary/aromatic N) is 1. The molecular formula is C18H34N2O2S. The Balaban J connectivity index is 1.98. The first-order valence-corrected chi connectivity index (χ1v) is 10.4. The maximum absolute atomic E-state index is 12.7. The number of carbonyl (C=O) groups excluding carboxylic acids is 1. The minimum atomic E-state index is 0.0678. The van der Waals surface area contributed by atoms with Crippen LogP contribution in [-0.2, 0) is 9.53 Å². The van der Waals surface area contributed by atoms with Crippen LogP contribution in [0.5, 0.6) is 0 Å². The second-order valence-electron chi connectivity index (χ2n) is 7.22. The van der Waals surface area contributed by atoms with E-state index in [1.54, 1.807) is 11.8 Å². The van der Waals surface area contributed by atoms with Crippen molar-refractivity contribution >= 4 is 17.7 Å². The summed E-state index contributed by atoms with van der Waals surface area (Å²) in [5, 5.41) is 3.37. The average Bonchev–Trinajstić information content (AvgIpc) is 2.59. The van der Waals surface area contributed by atoms with Gasteiger partial charge in [-0.25, -0.2) is 0 Å². The van der Waals surface area contributed by atoms with Crippen molar-refractivity contribution in [2.75, 3.05) is 38.6 Å². The summed E-state index contributed by atoms with van der Waals surface area (Å²) in [5.41, 5.74) is 0.118. The molecule has 0 spiro atoms. The molecule has 134 valence electrons. The normalized spacial score (nSPS) is 23.7. The van der Waals surface area contributed by atoms with E-state index in [4.69, 9.17) is 4.74 Å². The lowest BCUT2D eigenvalue weighted by Gasteiger charge is -2.48. The third-order valence-corrected chi connectivity index (χ3v) is 6.70. The highest BCUT2D eigenvalue weighted by Gasteiger charge is 2.39. The molecule has 4 nitrogen and oxygen atoms in total. The summed E-state index contributed by atoms with van der Waals surface area (Å²) < 4.78 is 5.60. The van der Waals surface area contributed by atoms with E-state index in [2.05, 4.69) is 31.0 Å². The second-order valence-corrected chi connectivity index (χ2v) is 8.64. The standard InChI is InChI=1S/C18H34N2O2S/c1-4-23-16(15(2)3)17(21)19-14-18(8-12-22-13-9-18)20-10-6-5-7-11-20/h15-16H,4-14H2,1-3H3,(H,19,21). The third-order valence-electron chi connectivity index (χ3n) is 5.25. The smallest absolute Gasteiger partial charge is 0.233 e. The number of likely N-dealkylation sites (tertiary alicyclic amines) is 1. The molecule has 5 heteroatoms. The van der Waals surface area contributed by atoms with E-state index >= 15 is 0 Å². The van der Waals surface area contributed by atoms with E-state index < -0.39 is 0 Å². The Labute approximate surface area is 146 Å². The molecule has 2 fully saturated rings. The molecule has 23 heavy (non-hydrogen) atoms. The first kappa shape index (κ1) is 19.1. The molecule has 0 aromatic heterocycles. The predicted molar refractivity (Wildman–Crippen MR) is 98.0 cm³/mol. The number of hydrogen-bond donors (Lipinski definition) is 1. The first-order chi connectivity index (χ1) is 11.1. The van der Waals surface area contributed by atoms with Gasteiger partial charge in [0, 0.05) is 25.3 Å². The summed E-state index contributed by atoms with van der Waals surface area (Å²) in [7, 11) is 0. The van der Waals surface area contributed by atoms with E-state index in [1.807, 2.05) is 0 Å². The molecule has 1 unspecified atom stereocenters. The Morgan fingerprint density at radius 3 is 2.43 bits per heavy atom. The fraction of sp³-hybridized carbons (Fsp3) is 0.944. The van der Waals surface area contributed by atoms with Gasteiger partial charge in [-0.15, -0.1) is 11.8 Å². The summed E-state index contributed by atoms with van der Waals surface area (Å²) in [4.78, 5) is 15.3. The Morgan fingerprint density at radius 2 is 1.87 bits per heavy atom. The fourth-order valence-electron chi connectivity index (χ4n) is 3.83. The van der Waals surface area contributed by atoms with E-state index in [9.17, 15) is 4.79 Å². The maximum atomic E-state index is 12.7. The van der Waals surface area contributed by atoms with Gasteiger partial charge < -0.3 is 10.1 Å². The molecule has 2 aliphatic heterocycles. The second kappa shape index (κ2) is 9.28. The maximum Gasteiger partial charge on any atom is 0.233 e. The van der Waals surface area contributed by atoms with Crippen molar-refractivity contribution in [1.29, 1.82) is 0 Å². The minimum absolute atomic E-state index is 0.0678. The van der Waals surface area contributed by atoms with Crippen LogP contribution in [-0.4, -0.2) is 60.2 Å². The Hall–Kier alpha value is -0.260. The number of carbonyl (C=O) groups is 1. The summed E-state index contributed by atoms with van der Waals surface area (Å²) in [6.07, 6.45) is 6.01. The van der Waals surface area contributed by atoms with Crippen molar-refractivity contribution in [3.8, 4) is 0 Å². The SMILES string of the molecule is CCSC(C(=O)NCC1(N2CCCCC2)CCOCC1)C(C)C. The third kappa shape index (κ3) is 5.10. The van der Waals surface area contributed by atoms with E-state index in [1.165, 1.54) is 32.4 Å². The number of thioether (sulfide) groups is 1. The molecule has 2 heterocycles. The van der Waals surface area contributed by atoms with Crippen molar-refractivity contribution in [3.63, 3.8) is 0 Å². The van der Waals surface area contributed by atoms with Gasteiger partial charge >= 0.3 is 0 Å². The van der Waals surface area contributed by atoms with Crippen molar-refractivity contribution in [2.45, 2.75) is 63.7 Å². The first-order valence-electron chi connectivity index (χ1n) is 9.31. The largest absolute Gasteiger partial charge is 0.381 e. The molecule has 1 N–H and O–H groups in total. The van der Waals surface area contributed by atoms with Crippen LogP contribution in [0.3, 0.4) is 0 Å². The monoisotopic (exact) mass is 342 g/mol. The number of ether oxygens (including phenoxy) is 1. The zero-order valence-electron chi connectivity index (χ0n) is 15.1. The summed E-state index contributed by atoms with van der Waals surface area (Å²) in [6.45, 7) is 11.2. The Morgan fingerprint density at radius 1 is 1.22 bits per heavy atom. The molecule has 0 bridgehead atoms. The van der Waals surface area contributed by atoms with Gasteiger partial charge in [-0.05, 0) is 50.4 Å². The molecule has 0 radical (unpaired) electrons. The highest BCUT2D eigenvalue weighted by atomic mass is 32.2. The fourth-order valence-corrected chi connectivity index (χ4v) is 4.81. The van der Waals surface area contributed by atoms with Crippen LogP contribution >= 0.6 is 11.8 Å². The minimum Gasteiger partial charge on any atom is -0.381 e. The van der Waals surface area contributed by atoms with Crippen LogP contribution in [0.4, 0.5) is 0 Å². The topological polar surface area (TPSA) is 41.6 Å². The Bertz CT molecular complexity index is 364. The van der Waals surface area contributed by atoms with E-state index in [-0.39, 0.29) is 16.7 Å². The summed E-state index contributed by atoms with van der Waals surface area (Å²) in [6, 6.07) is 0. The number of nitrogens with one attached hydrogen (secondary N) is 1. The highest BCUT2D eigenvalue weighted by molar-refractivity contribution is 8.00. The van der Waals surface area contributed by atoms with Crippen molar-refractivity contribution in [3.05, 3.63) is 0 Å². The van der Waals surface area contributed by atoms with Crippen LogP contribution in [0.2, 0.25) is 0 Å². The number of rotatable bonds is 7. The van der Waals surface area contributed by atoms with Crippen LogP contribution in [0.1, 0.15) is 52.9 Å². The van der Waals surface area contributed by atoms with Gasteiger partial charge in [0.1, 0.15) is 0 Å². The van der Waals surface area contributed by atoms with Crippen LogP contribution < -0.4 is 5.32 Å². The van der Waals surface area contributed by atoms with Gasteiger partial charge in [0.25, 0.3) is 0 Å². The van der Waals surface area contributed by atoms with Crippen LogP contribution in [0, 0.1) is 5.92 Å². The molecule has 0 saturated carbocycles. The number of amides is 1. The lowest BCUT2D eigenvalue weighted by atomic mass is 9.86. The molecule has 0 aliphatic carbocycles. The predicted octanol–water partition coefficient (Wildman–Crippen LogP) is 2.92. The van der Waals surface area contributed by atoms with Crippen molar-refractivity contribution in [2.24, 2.45) is 5.92 Å². The van der Waals surface area contributed by atoms with Crippen molar-refractivity contribution < 1.29 is 9.53 Å². The molecule has 0 aromatic carbocycles. The molecule has 2 saturated heterocycles. The molecule has 1 atom stereocenters. The number of hydrogen-bond acceptors (Lipinski definition) is 4. The van der Waals surface area contributed by atoms with Crippen LogP contribution in [0.25, 0.3) is 0 Å². The Kier molecular flexibility index (Phi) is 7.70. The average molecular weight is 343 g/mol. The zero-order valence-corrected chi connectivity index (χ0v) is 15.9. The van der Waals surface area contributed by atoms with Gasteiger partial charge in [-0.1, -0.05) is 27.2 Å². The van der Waals surface area contributed by atoms with Crippen LogP contribution in [0.15, 0.2) is 0 Å². The lowest BCUT2D eigenvalue weighted by molar-refractivity contribution is -0.122. The summed E-state index contributed by atoms with van der Waals surface area (Å²) in [5.74, 6) is 1.58. The molecule has 0 aromatic rings. The van der Waals surface area contributed by atoms with E-state index in [0.717, 1.165) is 38.4 Å². The lowest BCUT2D eigenvalue weighted by Crippen LogP contribution is -2.60. The molecule has 2 aliphatic rings. The van der Waals surface area contributed by atoms with Gasteiger partial charge in [0.15, 0.2) is 0 Å². The number of piperidine rings is 1. The zero-order chi connectivity index (χ0) is 16.7. The summed E-state index contributed by atoms with van der Waals surface area (Å²) >= 11 is 1.76. The van der Waals surface area contributed by atoms with Gasteiger partial charge in [-0.3, -0.25) is 9.69 Å². The highest BCUT2D eigenvalue weighted by Crippen LogP contribution is 2.30. The molecular weight excluding hydrogens is 308 g/mol. The van der Waals surface area contributed by atoms with Gasteiger partial charge in [0.05, 0.1) is 5.25 Å². The molecule has 2 rings (SSSR count). The van der Waals surface area contributed by atoms with Gasteiger partial charge in [0.2, 0.25) is 5.91 Å². The van der Waals surface area contributed by atoms with Crippen molar-refractivity contribution in [1.82, 2.24) is 10.2 Å². The quantitative estimate of drug-likeness (QED) is 0.772. The van der Waals surface area contributed by atoms with Gasteiger partial charge in [-0.2, -0.15) is 0 Å². The van der Waals surface area contributed by atoms with E-state index in [0.29, 0.717) is 5.92 Å².